The van der Waals surface area contributed by atoms with Crippen molar-refractivity contribution in [2.45, 2.75) is 0 Å². The van der Waals surface area contributed by atoms with E-state index in [1.54, 1.807) is 0 Å². The Hall–Kier alpha value is -4.44. The molecule has 32 heavy (non-hydrogen) atoms. The van der Waals surface area contributed by atoms with Crippen molar-refractivity contribution in [2.24, 2.45) is 0 Å². The Balaban J connectivity index is 1.59. The van der Waals surface area contributed by atoms with E-state index in [1.165, 1.54) is 10.8 Å². The number of rotatable bonds is 4. The third-order valence-electron chi connectivity index (χ3n) is 5.66. The van der Waals surface area contributed by atoms with E-state index in [2.05, 4.69) is 70.5 Å². The highest BCUT2D eigenvalue weighted by molar-refractivity contribution is 6.08. The largest absolute Gasteiger partial charge is 0.352 e. The highest BCUT2D eigenvalue weighted by Gasteiger charge is 2.16. The van der Waals surface area contributed by atoms with Gasteiger partial charge in [-0.15, -0.1) is 0 Å². The summed E-state index contributed by atoms with van der Waals surface area (Å²) in [4.78, 5) is 9.86. The Morgan fingerprint density at radius 3 is 1.81 bits per heavy atom. The molecule has 0 bridgehead atoms. The number of nitrogens with one attached hydrogen (secondary N) is 1. The van der Waals surface area contributed by atoms with Crippen LogP contribution in [0, 0.1) is 0 Å². The maximum absolute atomic E-state index is 5.07. The lowest BCUT2D eigenvalue weighted by Gasteiger charge is -2.14. The first-order chi connectivity index (χ1) is 15.9. The summed E-state index contributed by atoms with van der Waals surface area (Å²) in [6, 6.07) is 37.1. The molecule has 1 N–H and O–H groups in total. The Bertz CT molecular complexity index is 1480. The molecule has 0 atom stereocenters. The van der Waals surface area contributed by atoms with E-state index >= 15 is 0 Å². The highest BCUT2D eigenvalue weighted by atomic mass is 15.2. The molecule has 6 rings (SSSR count). The van der Waals surface area contributed by atoms with Crippen LogP contribution in [0.25, 0.3) is 39.0 Å². The van der Waals surface area contributed by atoms with Gasteiger partial charge in [-0.1, -0.05) is 84.9 Å². The summed E-state index contributed by atoms with van der Waals surface area (Å²) in [5, 5.41) is 5.87. The third kappa shape index (κ3) is 3.10. The Kier molecular flexibility index (Phi) is 4.40. The van der Waals surface area contributed by atoms with Crippen molar-refractivity contribution < 1.29 is 0 Å². The lowest BCUT2D eigenvalue weighted by atomic mass is 10.1. The molecule has 0 amide bonds. The molecule has 0 aliphatic heterocycles. The summed E-state index contributed by atoms with van der Waals surface area (Å²) in [6.07, 6.45) is 1.88. The number of benzene rings is 4. The lowest BCUT2D eigenvalue weighted by Crippen LogP contribution is -2.05. The van der Waals surface area contributed by atoms with E-state index < -0.39 is 0 Å². The average molecular weight is 412 g/mol. The van der Waals surface area contributed by atoms with Crippen LogP contribution in [0.2, 0.25) is 0 Å². The normalized spacial score (nSPS) is 11.1. The smallest absolute Gasteiger partial charge is 0.235 e. The summed E-state index contributed by atoms with van der Waals surface area (Å²) in [7, 11) is 0. The van der Waals surface area contributed by atoms with Gasteiger partial charge in [0.05, 0.1) is 28.6 Å². The SMILES string of the molecule is c1ccc(Nc2cnc(-n3c4ccccc4c4ccccc43)nc2-c2ccccc2)cc1. The predicted molar refractivity (Wildman–Crippen MR) is 132 cm³/mol. The van der Waals surface area contributed by atoms with Gasteiger partial charge in [0.2, 0.25) is 5.95 Å². The van der Waals surface area contributed by atoms with Crippen molar-refractivity contribution >= 4 is 33.2 Å². The first-order valence-corrected chi connectivity index (χ1v) is 10.6. The fourth-order valence-corrected chi connectivity index (χ4v) is 4.20. The minimum Gasteiger partial charge on any atom is -0.352 e. The number of aromatic nitrogens is 3. The molecule has 4 heteroatoms. The van der Waals surface area contributed by atoms with Crippen LogP contribution in [0.5, 0.6) is 0 Å². The summed E-state index contributed by atoms with van der Waals surface area (Å²) >= 11 is 0. The minimum absolute atomic E-state index is 0.653. The topological polar surface area (TPSA) is 42.7 Å². The number of fused-ring (bicyclic) bond motifs is 3. The minimum atomic E-state index is 0.653. The van der Waals surface area contributed by atoms with Gasteiger partial charge in [0.15, 0.2) is 0 Å². The molecule has 0 spiro atoms. The predicted octanol–water partition coefficient (Wildman–Crippen LogP) is 6.98. The van der Waals surface area contributed by atoms with E-state index in [-0.39, 0.29) is 0 Å². The molecule has 2 aromatic heterocycles. The van der Waals surface area contributed by atoms with Gasteiger partial charge in [0.25, 0.3) is 0 Å². The maximum atomic E-state index is 5.07. The van der Waals surface area contributed by atoms with Crippen LogP contribution in [-0.4, -0.2) is 14.5 Å². The van der Waals surface area contributed by atoms with Crippen molar-refractivity contribution in [1.82, 2.24) is 14.5 Å². The molecule has 0 unspecified atom stereocenters. The van der Waals surface area contributed by atoms with Crippen LogP contribution in [0.3, 0.4) is 0 Å². The highest BCUT2D eigenvalue weighted by Crippen LogP contribution is 2.33. The van der Waals surface area contributed by atoms with Crippen LogP contribution in [0.15, 0.2) is 115 Å². The van der Waals surface area contributed by atoms with Crippen molar-refractivity contribution in [3.8, 4) is 17.2 Å². The molecule has 2 heterocycles. The summed E-state index contributed by atoms with van der Waals surface area (Å²) in [5.41, 5.74) is 5.95. The van der Waals surface area contributed by atoms with Crippen LogP contribution < -0.4 is 5.32 Å². The molecular weight excluding hydrogens is 392 g/mol. The van der Waals surface area contributed by atoms with Gasteiger partial charge in [-0.3, -0.25) is 4.57 Å². The second-order valence-corrected chi connectivity index (χ2v) is 7.66. The zero-order valence-electron chi connectivity index (χ0n) is 17.3. The van der Waals surface area contributed by atoms with E-state index in [0.717, 1.165) is 33.7 Å². The van der Waals surface area contributed by atoms with Gasteiger partial charge in [0.1, 0.15) is 0 Å². The van der Waals surface area contributed by atoms with Crippen LogP contribution in [0.4, 0.5) is 11.4 Å². The number of hydrogen-bond donors (Lipinski definition) is 1. The Labute approximate surface area is 185 Å². The number of anilines is 2. The molecule has 0 fully saturated rings. The molecule has 4 aromatic carbocycles. The van der Waals surface area contributed by atoms with Gasteiger partial charge in [-0.25, -0.2) is 9.97 Å². The zero-order chi connectivity index (χ0) is 21.3. The number of nitrogens with zero attached hydrogens (tertiary/aromatic N) is 3. The van der Waals surface area contributed by atoms with Gasteiger partial charge in [0, 0.05) is 22.0 Å². The Morgan fingerprint density at radius 2 is 1.16 bits per heavy atom. The van der Waals surface area contributed by atoms with Gasteiger partial charge in [-0.2, -0.15) is 0 Å². The molecule has 6 aromatic rings. The Morgan fingerprint density at radius 1 is 0.594 bits per heavy atom. The van der Waals surface area contributed by atoms with Crippen molar-refractivity contribution in [2.75, 3.05) is 5.32 Å². The van der Waals surface area contributed by atoms with Crippen molar-refractivity contribution in [3.05, 3.63) is 115 Å². The fourth-order valence-electron chi connectivity index (χ4n) is 4.20. The molecule has 4 nitrogen and oxygen atoms in total. The maximum Gasteiger partial charge on any atom is 0.235 e. The first-order valence-electron chi connectivity index (χ1n) is 10.6. The van der Waals surface area contributed by atoms with E-state index in [0.29, 0.717) is 5.95 Å². The van der Waals surface area contributed by atoms with E-state index in [4.69, 9.17) is 9.97 Å². The standard InChI is InChI=1S/C28H20N4/c1-3-11-20(12-4-1)27-24(30-21-13-5-2-6-14-21)19-29-28(31-27)32-25-17-9-7-15-22(25)23-16-8-10-18-26(23)32/h1-19,30H. The molecular formula is C28H20N4. The van der Waals surface area contributed by atoms with E-state index in [1.807, 2.05) is 54.7 Å². The number of hydrogen-bond acceptors (Lipinski definition) is 3. The molecule has 0 aliphatic rings. The fraction of sp³-hybridized carbons (Fsp3) is 0. The van der Waals surface area contributed by atoms with E-state index in [9.17, 15) is 0 Å². The molecule has 0 saturated carbocycles. The van der Waals surface area contributed by atoms with Crippen molar-refractivity contribution in [1.29, 1.82) is 0 Å². The molecule has 0 radical (unpaired) electrons. The third-order valence-corrected chi connectivity index (χ3v) is 5.66. The first kappa shape index (κ1) is 18.3. The van der Waals surface area contributed by atoms with Gasteiger partial charge < -0.3 is 5.32 Å². The molecule has 0 aliphatic carbocycles. The number of para-hydroxylation sites is 3. The second-order valence-electron chi connectivity index (χ2n) is 7.66. The van der Waals surface area contributed by atoms with Crippen LogP contribution in [-0.2, 0) is 0 Å². The van der Waals surface area contributed by atoms with Crippen molar-refractivity contribution in [3.63, 3.8) is 0 Å². The quantitative estimate of drug-likeness (QED) is 0.339. The zero-order valence-corrected chi connectivity index (χ0v) is 17.3. The molecule has 152 valence electrons. The molecule has 0 saturated heterocycles. The lowest BCUT2D eigenvalue weighted by molar-refractivity contribution is 0.993. The van der Waals surface area contributed by atoms with Crippen LogP contribution >= 0.6 is 0 Å². The average Bonchev–Trinajstić information content (AvgIpc) is 3.20. The monoisotopic (exact) mass is 412 g/mol. The summed E-state index contributed by atoms with van der Waals surface area (Å²) < 4.78 is 2.14. The van der Waals surface area contributed by atoms with Gasteiger partial charge in [-0.05, 0) is 24.3 Å². The summed E-state index contributed by atoms with van der Waals surface area (Å²) in [6.45, 7) is 0. The summed E-state index contributed by atoms with van der Waals surface area (Å²) in [5.74, 6) is 0.653. The van der Waals surface area contributed by atoms with Crippen LogP contribution in [0.1, 0.15) is 0 Å². The second kappa shape index (κ2) is 7.67. The van der Waals surface area contributed by atoms with Gasteiger partial charge >= 0.3 is 0 Å².